The fraction of sp³-hybridized carbons (Fsp3) is 0.222. The van der Waals surface area contributed by atoms with E-state index in [0.29, 0.717) is 12.3 Å². The van der Waals surface area contributed by atoms with Crippen molar-refractivity contribution in [3.8, 4) is 5.75 Å². The second-order valence-corrected chi connectivity index (χ2v) is 6.58. The molecule has 0 spiro atoms. The molecule has 0 saturated carbocycles. The molecule has 6 heteroatoms. The largest absolute Gasteiger partial charge is 0.486 e. The molecule has 1 amide bonds. The lowest BCUT2D eigenvalue weighted by molar-refractivity contribution is 0.187. The van der Waals surface area contributed by atoms with Gasteiger partial charge in [0, 0.05) is 5.69 Å². The average Bonchev–Trinajstić information content (AvgIpc) is 2.97. The second-order valence-electron chi connectivity index (χ2n) is 5.46. The van der Waals surface area contributed by atoms with Gasteiger partial charge in [0.15, 0.2) is 0 Å². The van der Waals surface area contributed by atoms with Crippen LogP contribution in [0.1, 0.15) is 16.1 Å². The first kappa shape index (κ1) is 16.3. The number of benzene rings is 2. The molecule has 5 nitrogen and oxygen atoms in total. The van der Waals surface area contributed by atoms with Crippen molar-refractivity contribution in [3.05, 3.63) is 52.5 Å². The predicted octanol–water partition coefficient (Wildman–Crippen LogP) is 4.67. The molecule has 1 heterocycles. The van der Waals surface area contributed by atoms with Crippen LogP contribution in [0.5, 0.6) is 5.75 Å². The molecule has 124 valence electrons. The molecule has 0 unspecified atom stereocenters. The molecule has 2 aromatic carbocycles. The van der Waals surface area contributed by atoms with Crippen LogP contribution in [0.15, 0.2) is 36.4 Å². The minimum absolute atomic E-state index is 0.418. The SMILES string of the molecule is COC(=O)Nc1ccc(OCc2nc3cc(C)ccc3s2)cc1C. The summed E-state index contributed by atoms with van der Waals surface area (Å²) in [6.07, 6.45) is -0.489. The Morgan fingerprint density at radius 3 is 2.79 bits per heavy atom. The quantitative estimate of drug-likeness (QED) is 0.748. The number of rotatable bonds is 4. The standard InChI is InChI=1S/C18H18N2O3S/c1-11-4-7-16-15(8-11)19-17(24-16)10-23-13-5-6-14(12(2)9-13)20-18(21)22-3/h4-9H,10H2,1-3H3,(H,20,21). The van der Waals surface area contributed by atoms with Gasteiger partial charge in [0.05, 0.1) is 17.3 Å². The lowest BCUT2D eigenvalue weighted by Crippen LogP contribution is -2.11. The lowest BCUT2D eigenvalue weighted by Gasteiger charge is -2.10. The van der Waals surface area contributed by atoms with E-state index in [0.717, 1.165) is 26.5 Å². The van der Waals surface area contributed by atoms with Crippen molar-refractivity contribution in [2.24, 2.45) is 0 Å². The van der Waals surface area contributed by atoms with Crippen LogP contribution < -0.4 is 10.1 Å². The number of nitrogens with one attached hydrogen (secondary N) is 1. The number of ether oxygens (including phenoxy) is 2. The summed E-state index contributed by atoms with van der Waals surface area (Å²) in [5.74, 6) is 0.735. The maximum absolute atomic E-state index is 11.3. The zero-order valence-corrected chi connectivity index (χ0v) is 14.6. The van der Waals surface area contributed by atoms with Gasteiger partial charge in [-0.15, -0.1) is 11.3 Å². The first-order valence-electron chi connectivity index (χ1n) is 7.49. The van der Waals surface area contributed by atoms with Crippen molar-refractivity contribution in [2.45, 2.75) is 20.5 Å². The Labute approximate surface area is 144 Å². The molecule has 3 rings (SSSR count). The van der Waals surface area contributed by atoms with E-state index >= 15 is 0 Å². The van der Waals surface area contributed by atoms with Crippen LogP contribution in [-0.2, 0) is 11.3 Å². The van der Waals surface area contributed by atoms with Crippen molar-refractivity contribution >= 4 is 33.3 Å². The van der Waals surface area contributed by atoms with Gasteiger partial charge >= 0.3 is 6.09 Å². The summed E-state index contributed by atoms with van der Waals surface area (Å²) in [4.78, 5) is 15.9. The highest BCUT2D eigenvalue weighted by Gasteiger charge is 2.07. The van der Waals surface area contributed by atoms with Crippen LogP contribution in [-0.4, -0.2) is 18.2 Å². The van der Waals surface area contributed by atoms with Gasteiger partial charge in [-0.2, -0.15) is 0 Å². The average molecular weight is 342 g/mol. The van der Waals surface area contributed by atoms with Gasteiger partial charge < -0.3 is 9.47 Å². The number of aryl methyl sites for hydroxylation is 2. The molecule has 0 saturated heterocycles. The highest BCUT2D eigenvalue weighted by molar-refractivity contribution is 7.18. The van der Waals surface area contributed by atoms with E-state index in [1.54, 1.807) is 17.4 Å². The molecule has 24 heavy (non-hydrogen) atoms. The van der Waals surface area contributed by atoms with Gasteiger partial charge in [-0.3, -0.25) is 5.32 Å². The van der Waals surface area contributed by atoms with Gasteiger partial charge in [-0.25, -0.2) is 9.78 Å². The first-order valence-corrected chi connectivity index (χ1v) is 8.31. The molecule has 0 aliphatic carbocycles. The van der Waals surface area contributed by atoms with Gasteiger partial charge in [0.2, 0.25) is 0 Å². The molecule has 1 N–H and O–H groups in total. The van der Waals surface area contributed by atoms with Crippen molar-refractivity contribution < 1.29 is 14.3 Å². The smallest absolute Gasteiger partial charge is 0.411 e. The summed E-state index contributed by atoms with van der Waals surface area (Å²) in [5.41, 5.74) is 3.81. The minimum atomic E-state index is -0.489. The third-order valence-electron chi connectivity index (χ3n) is 3.57. The summed E-state index contributed by atoms with van der Waals surface area (Å²) >= 11 is 1.63. The highest BCUT2D eigenvalue weighted by atomic mass is 32.1. The number of anilines is 1. The molecule has 0 radical (unpaired) electrons. The topological polar surface area (TPSA) is 60.5 Å². The van der Waals surface area contributed by atoms with Crippen LogP contribution in [0.2, 0.25) is 0 Å². The monoisotopic (exact) mass is 342 g/mol. The third kappa shape index (κ3) is 3.65. The van der Waals surface area contributed by atoms with E-state index in [2.05, 4.69) is 40.2 Å². The Balaban J connectivity index is 1.69. The number of thiazole rings is 1. The number of nitrogens with zero attached hydrogens (tertiary/aromatic N) is 1. The van der Waals surface area contributed by atoms with E-state index in [-0.39, 0.29) is 0 Å². The van der Waals surface area contributed by atoms with Crippen molar-refractivity contribution in [1.29, 1.82) is 0 Å². The number of amides is 1. The maximum Gasteiger partial charge on any atom is 0.411 e. The predicted molar refractivity (Wildman–Crippen MR) is 95.9 cm³/mol. The molecule has 1 aromatic heterocycles. The van der Waals surface area contributed by atoms with Gasteiger partial charge in [-0.1, -0.05) is 6.07 Å². The Morgan fingerprint density at radius 1 is 1.21 bits per heavy atom. The zero-order valence-electron chi connectivity index (χ0n) is 13.8. The van der Waals surface area contributed by atoms with E-state index in [9.17, 15) is 4.79 Å². The molecule has 0 fully saturated rings. The first-order chi connectivity index (χ1) is 11.5. The van der Waals surface area contributed by atoms with E-state index in [4.69, 9.17) is 4.74 Å². The van der Waals surface area contributed by atoms with Crippen LogP contribution in [0.3, 0.4) is 0 Å². The Bertz CT molecular complexity index is 889. The molecule has 0 aliphatic rings. The van der Waals surface area contributed by atoms with Crippen LogP contribution >= 0.6 is 11.3 Å². The van der Waals surface area contributed by atoms with Gasteiger partial charge in [0.25, 0.3) is 0 Å². The Kier molecular flexibility index (Phi) is 4.66. The number of methoxy groups -OCH3 is 1. The summed E-state index contributed by atoms with van der Waals surface area (Å²) < 4.78 is 11.6. The third-order valence-corrected chi connectivity index (χ3v) is 4.58. The fourth-order valence-electron chi connectivity index (χ4n) is 2.32. The Hall–Kier alpha value is -2.60. The molecular weight excluding hydrogens is 324 g/mol. The number of carbonyl (C=O) groups excluding carboxylic acids is 1. The second kappa shape index (κ2) is 6.88. The maximum atomic E-state index is 11.3. The molecule has 3 aromatic rings. The van der Waals surface area contributed by atoms with Crippen molar-refractivity contribution in [3.63, 3.8) is 0 Å². The fourth-order valence-corrected chi connectivity index (χ4v) is 3.18. The summed E-state index contributed by atoms with van der Waals surface area (Å²) in [5, 5.41) is 3.59. The van der Waals surface area contributed by atoms with Crippen LogP contribution in [0.4, 0.5) is 10.5 Å². The van der Waals surface area contributed by atoms with Gasteiger partial charge in [0.1, 0.15) is 17.4 Å². The number of aromatic nitrogens is 1. The van der Waals surface area contributed by atoms with Crippen molar-refractivity contribution in [2.75, 3.05) is 12.4 Å². The number of hydrogen-bond donors (Lipinski definition) is 1. The van der Waals surface area contributed by atoms with Crippen molar-refractivity contribution in [1.82, 2.24) is 4.98 Å². The number of fused-ring (bicyclic) bond motifs is 1. The minimum Gasteiger partial charge on any atom is -0.486 e. The van der Waals surface area contributed by atoms with E-state index < -0.39 is 6.09 Å². The molecule has 0 atom stereocenters. The highest BCUT2D eigenvalue weighted by Crippen LogP contribution is 2.26. The number of hydrogen-bond acceptors (Lipinski definition) is 5. The van der Waals surface area contributed by atoms with E-state index in [1.807, 2.05) is 19.1 Å². The van der Waals surface area contributed by atoms with Crippen LogP contribution in [0, 0.1) is 13.8 Å². The summed E-state index contributed by atoms with van der Waals surface area (Å²) in [6.45, 7) is 4.38. The van der Waals surface area contributed by atoms with Crippen LogP contribution in [0.25, 0.3) is 10.2 Å². The molecule has 0 aliphatic heterocycles. The van der Waals surface area contributed by atoms with E-state index in [1.165, 1.54) is 12.7 Å². The molecular formula is C18H18N2O3S. The number of carbonyl (C=O) groups is 1. The zero-order chi connectivity index (χ0) is 17.1. The van der Waals surface area contributed by atoms with Gasteiger partial charge in [-0.05, 0) is 55.3 Å². The molecule has 0 bridgehead atoms. The summed E-state index contributed by atoms with van der Waals surface area (Å²) in [7, 11) is 1.33. The normalized spacial score (nSPS) is 10.6. The summed E-state index contributed by atoms with van der Waals surface area (Å²) in [6, 6.07) is 11.7. The lowest BCUT2D eigenvalue weighted by atomic mass is 10.2. The Morgan fingerprint density at radius 2 is 2.04 bits per heavy atom.